The summed E-state index contributed by atoms with van der Waals surface area (Å²) < 4.78 is 7.99. The van der Waals surface area contributed by atoms with Gasteiger partial charge >= 0.3 is 12.0 Å². The van der Waals surface area contributed by atoms with Crippen LogP contribution in [0.15, 0.2) is 97.5 Å². The Hall–Kier alpha value is -6.30. The van der Waals surface area contributed by atoms with Crippen molar-refractivity contribution < 1.29 is 19.4 Å². The lowest BCUT2D eigenvalue weighted by molar-refractivity contribution is 0.0690. The summed E-state index contributed by atoms with van der Waals surface area (Å²) in [6.45, 7) is 4.42. The van der Waals surface area contributed by atoms with Crippen molar-refractivity contribution in [3.8, 4) is 11.4 Å². The standard InChI is InChI=1S/C36H34N8O4/c1-3-4-7-25-19-34(44(43-25)26-12-10-23(2)11-13-26)42-36(47)40-29-14-15-31(28-9-6-5-8-27(28)29)48-22-24-16-17-37-32(18-24)41-33-21-38-30(20-39-33)35(45)46/h5-6,8-21H,3-4,7,22H2,1-2H3,(H,45,46)(H,37,39,41)(H2,40,42,47). The molecule has 0 atom stereocenters. The maximum Gasteiger partial charge on any atom is 0.356 e. The van der Waals surface area contributed by atoms with Crippen LogP contribution in [-0.4, -0.2) is 41.8 Å². The van der Waals surface area contributed by atoms with E-state index in [1.807, 2.05) is 85.8 Å². The van der Waals surface area contributed by atoms with Crippen LogP contribution < -0.4 is 20.7 Å². The summed E-state index contributed by atoms with van der Waals surface area (Å²) >= 11 is 0. The van der Waals surface area contributed by atoms with Crippen LogP contribution in [0.5, 0.6) is 5.75 Å². The van der Waals surface area contributed by atoms with Crippen LogP contribution in [-0.2, 0) is 13.0 Å². The number of nitrogens with one attached hydrogen (secondary N) is 3. The highest BCUT2D eigenvalue weighted by atomic mass is 16.5. The van der Waals surface area contributed by atoms with E-state index in [1.165, 1.54) is 12.4 Å². The largest absolute Gasteiger partial charge is 0.488 e. The average Bonchev–Trinajstić information content (AvgIpc) is 3.49. The van der Waals surface area contributed by atoms with Crippen molar-refractivity contribution in [1.82, 2.24) is 24.7 Å². The predicted molar refractivity (Wildman–Crippen MR) is 184 cm³/mol. The summed E-state index contributed by atoms with van der Waals surface area (Å²) in [6.07, 6.45) is 7.04. The van der Waals surface area contributed by atoms with E-state index < -0.39 is 5.97 Å². The number of aryl methyl sites for hydroxylation is 2. The Labute approximate surface area is 276 Å². The number of benzene rings is 3. The third-order valence-corrected chi connectivity index (χ3v) is 7.54. The zero-order valence-corrected chi connectivity index (χ0v) is 26.5. The Kier molecular flexibility index (Phi) is 9.51. The van der Waals surface area contributed by atoms with Gasteiger partial charge in [0.2, 0.25) is 0 Å². The topological polar surface area (TPSA) is 156 Å². The molecule has 0 radical (unpaired) electrons. The van der Waals surface area contributed by atoms with Crippen molar-refractivity contribution in [2.24, 2.45) is 0 Å². The second-order valence-electron chi connectivity index (χ2n) is 11.2. The van der Waals surface area contributed by atoms with Crippen molar-refractivity contribution in [2.75, 3.05) is 16.0 Å². The number of rotatable bonds is 12. The number of aromatic carboxylic acids is 1. The molecule has 0 aliphatic heterocycles. The lowest BCUT2D eigenvalue weighted by Gasteiger charge is -2.15. The van der Waals surface area contributed by atoms with Gasteiger partial charge in [-0.25, -0.2) is 29.2 Å². The molecule has 3 heterocycles. The molecule has 0 bridgehead atoms. The number of anilines is 4. The predicted octanol–water partition coefficient (Wildman–Crippen LogP) is 7.53. The number of hydrogen-bond donors (Lipinski definition) is 4. The Morgan fingerprint density at radius 1 is 0.875 bits per heavy atom. The van der Waals surface area contributed by atoms with Gasteiger partial charge in [0.15, 0.2) is 5.69 Å². The molecule has 12 heteroatoms. The molecule has 3 aromatic carbocycles. The van der Waals surface area contributed by atoms with Crippen molar-refractivity contribution in [1.29, 1.82) is 0 Å². The van der Waals surface area contributed by atoms with E-state index in [0.717, 1.165) is 52.5 Å². The lowest BCUT2D eigenvalue weighted by Crippen LogP contribution is -2.21. The maximum atomic E-state index is 13.4. The van der Waals surface area contributed by atoms with Crippen molar-refractivity contribution in [2.45, 2.75) is 39.7 Å². The number of nitrogens with zero attached hydrogens (tertiary/aromatic N) is 5. The molecule has 4 N–H and O–H groups in total. The molecule has 6 aromatic rings. The number of ether oxygens (including phenoxy) is 1. The number of unbranched alkanes of at least 4 members (excludes halogenated alkanes) is 1. The molecule has 48 heavy (non-hydrogen) atoms. The van der Waals surface area contributed by atoms with E-state index in [0.29, 0.717) is 28.9 Å². The SMILES string of the molecule is CCCCc1cc(NC(=O)Nc2ccc(OCc3ccnc(Nc4cnc(C(=O)O)cn4)c3)c3ccccc23)n(-c2ccc(C)cc2)n1. The normalized spacial score (nSPS) is 10.9. The van der Waals surface area contributed by atoms with Gasteiger partial charge in [0, 0.05) is 23.0 Å². The molecule has 242 valence electrons. The molecule has 0 aliphatic rings. The quantitative estimate of drug-likeness (QED) is 0.106. The highest BCUT2D eigenvalue weighted by molar-refractivity contribution is 6.07. The number of carbonyl (C=O) groups excluding carboxylic acids is 1. The van der Waals surface area contributed by atoms with Gasteiger partial charge in [-0.15, -0.1) is 0 Å². The third kappa shape index (κ3) is 7.56. The minimum Gasteiger partial charge on any atom is -0.488 e. The van der Waals surface area contributed by atoms with Crippen LogP contribution in [0.25, 0.3) is 16.5 Å². The number of fused-ring (bicyclic) bond motifs is 1. The van der Waals surface area contributed by atoms with E-state index >= 15 is 0 Å². The van der Waals surface area contributed by atoms with Gasteiger partial charge in [0.25, 0.3) is 0 Å². The van der Waals surface area contributed by atoms with Crippen molar-refractivity contribution >= 4 is 45.9 Å². The molecular formula is C36H34N8O4. The molecule has 2 amide bonds. The zero-order valence-electron chi connectivity index (χ0n) is 26.5. The highest BCUT2D eigenvalue weighted by Crippen LogP contribution is 2.32. The van der Waals surface area contributed by atoms with Crippen LogP contribution in [0.4, 0.5) is 27.9 Å². The summed E-state index contributed by atoms with van der Waals surface area (Å²) in [5.74, 6) is 0.952. The fourth-order valence-corrected chi connectivity index (χ4v) is 5.09. The molecule has 12 nitrogen and oxygen atoms in total. The molecule has 0 spiro atoms. The Bertz CT molecular complexity index is 2060. The summed E-state index contributed by atoms with van der Waals surface area (Å²) in [5.41, 5.74) is 4.26. The van der Waals surface area contributed by atoms with Gasteiger partial charge in [-0.3, -0.25) is 5.32 Å². The van der Waals surface area contributed by atoms with E-state index in [9.17, 15) is 9.59 Å². The van der Waals surface area contributed by atoms with Crippen LogP contribution >= 0.6 is 0 Å². The second kappa shape index (κ2) is 14.4. The van der Waals surface area contributed by atoms with Crippen LogP contribution in [0, 0.1) is 6.92 Å². The molecule has 0 aliphatic carbocycles. The van der Waals surface area contributed by atoms with Gasteiger partial charge in [-0.1, -0.05) is 55.3 Å². The van der Waals surface area contributed by atoms with Gasteiger partial charge in [0.05, 0.1) is 29.5 Å². The number of hydrogen-bond acceptors (Lipinski definition) is 8. The number of urea groups is 1. The van der Waals surface area contributed by atoms with Crippen LogP contribution in [0.2, 0.25) is 0 Å². The number of carbonyl (C=O) groups is 2. The fraction of sp³-hybridized carbons (Fsp3) is 0.167. The minimum atomic E-state index is -1.15. The van der Waals surface area contributed by atoms with E-state index in [2.05, 4.69) is 37.8 Å². The molecule has 3 aromatic heterocycles. The number of amides is 2. The van der Waals surface area contributed by atoms with Crippen LogP contribution in [0.1, 0.15) is 47.1 Å². The Morgan fingerprint density at radius 2 is 1.69 bits per heavy atom. The molecule has 0 saturated heterocycles. The highest BCUT2D eigenvalue weighted by Gasteiger charge is 2.15. The summed E-state index contributed by atoms with van der Waals surface area (Å²) in [5, 5.41) is 24.5. The fourth-order valence-electron chi connectivity index (χ4n) is 5.09. The molecule has 0 fully saturated rings. The maximum absolute atomic E-state index is 13.4. The summed E-state index contributed by atoms with van der Waals surface area (Å²) in [7, 11) is 0. The number of carboxylic acids is 1. The Balaban J connectivity index is 1.15. The zero-order chi connectivity index (χ0) is 33.5. The first kappa shape index (κ1) is 31.7. The molecular weight excluding hydrogens is 608 g/mol. The average molecular weight is 643 g/mol. The minimum absolute atomic E-state index is 0.147. The number of pyridine rings is 1. The summed E-state index contributed by atoms with van der Waals surface area (Å²) in [6, 6.07) is 24.6. The van der Waals surface area contributed by atoms with Gasteiger partial charge < -0.3 is 20.5 Å². The number of carboxylic acid groups (broad SMARTS) is 1. The monoisotopic (exact) mass is 642 g/mol. The Morgan fingerprint density at radius 3 is 2.44 bits per heavy atom. The van der Waals surface area contributed by atoms with E-state index in [4.69, 9.17) is 14.9 Å². The van der Waals surface area contributed by atoms with Gasteiger partial charge in [-0.2, -0.15) is 5.10 Å². The van der Waals surface area contributed by atoms with Crippen molar-refractivity contribution in [3.63, 3.8) is 0 Å². The first-order valence-electron chi connectivity index (χ1n) is 15.5. The van der Waals surface area contributed by atoms with E-state index in [1.54, 1.807) is 10.9 Å². The van der Waals surface area contributed by atoms with Crippen molar-refractivity contribution in [3.05, 3.63) is 120 Å². The lowest BCUT2D eigenvalue weighted by atomic mass is 10.1. The molecule has 0 saturated carbocycles. The van der Waals surface area contributed by atoms with Crippen LogP contribution in [0.3, 0.4) is 0 Å². The van der Waals surface area contributed by atoms with Gasteiger partial charge in [-0.05, 0) is 61.7 Å². The summed E-state index contributed by atoms with van der Waals surface area (Å²) in [4.78, 5) is 36.6. The smallest absolute Gasteiger partial charge is 0.356 e. The second-order valence-corrected chi connectivity index (χ2v) is 11.2. The molecule has 6 rings (SSSR count). The first-order chi connectivity index (χ1) is 23.4. The third-order valence-electron chi connectivity index (χ3n) is 7.54. The molecule has 0 unspecified atom stereocenters. The number of aromatic nitrogens is 5. The van der Waals surface area contributed by atoms with Gasteiger partial charge in [0.1, 0.15) is 29.8 Å². The van der Waals surface area contributed by atoms with E-state index in [-0.39, 0.29) is 18.3 Å². The first-order valence-corrected chi connectivity index (χ1v) is 15.5.